The predicted octanol–water partition coefficient (Wildman–Crippen LogP) is 0.896. The van der Waals surface area contributed by atoms with E-state index in [1.807, 2.05) is 0 Å². The molecule has 1 rings (SSSR count). The van der Waals surface area contributed by atoms with Crippen molar-refractivity contribution in [2.75, 3.05) is 25.1 Å². The van der Waals surface area contributed by atoms with Gasteiger partial charge in [-0.15, -0.1) is 0 Å². The summed E-state index contributed by atoms with van der Waals surface area (Å²) in [4.78, 5) is 0. The van der Waals surface area contributed by atoms with Gasteiger partial charge in [0.2, 0.25) is 0 Å². The van der Waals surface area contributed by atoms with Crippen molar-refractivity contribution >= 4 is 10.8 Å². The topological polar surface area (TPSA) is 49.3 Å². The third-order valence-electron chi connectivity index (χ3n) is 3.03. The fraction of sp³-hybridized carbons (Fsp3) is 1.00. The van der Waals surface area contributed by atoms with E-state index in [-0.39, 0.29) is 6.10 Å². The zero-order valence-corrected chi connectivity index (χ0v) is 10.4. The van der Waals surface area contributed by atoms with E-state index in [1.165, 1.54) is 25.7 Å². The first-order valence-electron chi connectivity index (χ1n) is 5.87. The third kappa shape index (κ3) is 6.28. The molecule has 0 bridgehead atoms. The second-order valence-electron chi connectivity index (χ2n) is 4.52. The second kappa shape index (κ2) is 7.36. The Morgan fingerprint density at radius 3 is 2.73 bits per heavy atom. The summed E-state index contributed by atoms with van der Waals surface area (Å²) in [6.45, 7) is 1.39. The summed E-state index contributed by atoms with van der Waals surface area (Å²) < 4.78 is 10.8. The minimum absolute atomic E-state index is 0.224. The van der Waals surface area contributed by atoms with Crippen LogP contribution in [0.15, 0.2) is 0 Å². The van der Waals surface area contributed by atoms with Gasteiger partial charge in [-0.2, -0.15) is 0 Å². The Bertz CT molecular complexity index is 193. The van der Waals surface area contributed by atoms with Gasteiger partial charge < -0.3 is 10.4 Å². The van der Waals surface area contributed by atoms with Crippen molar-refractivity contribution in [3.63, 3.8) is 0 Å². The van der Waals surface area contributed by atoms with Crippen LogP contribution in [0, 0.1) is 5.92 Å². The summed E-state index contributed by atoms with van der Waals surface area (Å²) >= 11 is 0. The van der Waals surface area contributed by atoms with Crippen molar-refractivity contribution in [3.8, 4) is 0 Å². The molecule has 0 aliphatic heterocycles. The minimum Gasteiger partial charge on any atom is -0.392 e. The Morgan fingerprint density at radius 1 is 1.47 bits per heavy atom. The molecule has 0 aromatic heterocycles. The zero-order valence-electron chi connectivity index (χ0n) is 9.58. The average Bonchev–Trinajstić information content (AvgIpc) is 2.64. The monoisotopic (exact) mass is 233 g/mol. The molecule has 0 heterocycles. The Labute approximate surface area is 95.1 Å². The number of aliphatic hydroxyl groups excluding tert-OH is 1. The number of hydrogen-bond donors (Lipinski definition) is 2. The molecule has 1 fully saturated rings. The smallest absolute Gasteiger partial charge is 0.0667 e. The molecule has 3 nitrogen and oxygen atoms in total. The molecule has 0 aromatic carbocycles. The molecule has 0 spiro atoms. The van der Waals surface area contributed by atoms with Gasteiger partial charge in [0.25, 0.3) is 0 Å². The maximum absolute atomic E-state index is 10.8. The molecule has 2 N–H and O–H groups in total. The first-order valence-corrected chi connectivity index (χ1v) is 7.60. The van der Waals surface area contributed by atoms with Crippen LogP contribution in [-0.4, -0.2) is 40.5 Å². The fourth-order valence-corrected chi connectivity index (χ4v) is 2.63. The standard InChI is InChI=1S/C11H23NO2S/c1-15(14)7-6-12-9-11(13)8-10-4-2-3-5-10/h10-13H,2-9H2,1H3. The van der Waals surface area contributed by atoms with Gasteiger partial charge in [-0.25, -0.2) is 0 Å². The van der Waals surface area contributed by atoms with Crippen LogP contribution in [-0.2, 0) is 10.8 Å². The summed E-state index contributed by atoms with van der Waals surface area (Å²) in [5.74, 6) is 1.41. The molecule has 1 aliphatic rings. The first-order chi connectivity index (χ1) is 7.18. The maximum Gasteiger partial charge on any atom is 0.0667 e. The predicted molar refractivity (Wildman–Crippen MR) is 64.4 cm³/mol. The summed E-state index contributed by atoms with van der Waals surface area (Å²) in [5, 5.41) is 12.9. The van der Waals surface area contributed by atoms with Gasteiger partial charge in [-0.05, 0) is 12.3 Å². The Morgan fingerprint density at radius 2 is 2.13 bits per heavy atom. The maximum atomic E-state index is 10.8. The lowest BCUT2D eigenvalue weighted by molar-refractivity contribution is 0.141. The van der Waals surface area contributed by atoms with Crippen LogP contribution >= 0.6 is 0 Å². The van der Waals surface area contributed by atoms with E-state index in [0.717, 1.165) is 18.9 Å². The summed E-state index contributed by atoms with van der Waals surface area (Å²) in [6, 6.07) is 0. The van der Waals surface area contributed by atoms with Crippen LogP contribution in [0.3, 0.4) is 0 Å². The van der Waals surface area contributed by atoms with E-state index in [1.54, 1.807) is 6.26 Å². The van der Waals surface area contributed by atoms with Crippen molar-refractivity contribution in [2.45, 2.75) is 38.2 Å². The lowest BCUT2D eigenvalue weighted by Gasteiger charge is -2.15. The van der Waals surface area contributed by atoms with Gasteiger partial charge in [-0.1, -0.05) is 25.7 Å². The van der Waals surface area contributed by atoms with Crippen molar-refractivity contribution in [2.24, 2.45) is 5.92 Å². The quantitative estimate of drug-likeness (QED) is 0.642. The van der Waals surface area contributed by atoms with Crippen molar-refractivity contribution < 1.29 is 9.32 Å². The molecule has 0 amide bonds. The first kappa shape index (κ1) is 13.1. The average molecular weight is 233 g/mol. The number of rotatable bonds is 7. The molecule has 0 aromatic rings. The highest BCUT2D eigenvalue weighted by molar-refractivity contribution is 7.84. The van der Waals surface area contributed by atoms with Gasteiger partial charge in [0.05, 0.1) is 6.10 Å². The molecular weight excluding hydrogens is 210 g/mol. The SMILES string of the molecule is CS(=O)CCNCC(O)CC1CCCC1. The Hall–Kier alpha value is 0.0700. The Balaban J connectivity index is 1.97. The van der Waals surface area contributed by atoms with Gasteiger partial charge in [-0.3, -0.25) is 4.21 Å². The third-order valence-corrected chi connectivity index (χ3v) is 3.81. The highest BCUT2D eigenvalue weighted by Gasteiger charge is 2.18. The molecule has 0 saturated heterocycles. The van der Waals surface area contributed by atoms with Crippen molar-refractivity contribution in [1.29, 1.82) is 0 Å². The summed E-state index contributed by atoms with van der Waals surface area (Å²) in [5.41, 5.74) is 0. The van der Waals surface area contributed by atoms with Gasteiger partial charge in [0, 0.05) is 35.9 Å². The normalized spacial score (nSPS) is 21.7. The van der Waals surface area contributed by atoms with Gasteiger partial charge in [0.1, 0.15) is 0 Å². The molecule has 4 heteroatoms. The highest BCUT2D eigenvalue weighted by atomic mass is 32.2. The lowest BCUT2D eigenvalue weighted by Crippen LogP contribution is -2.30. The molecule has 1 saturated carbocycles. The van der Waals surface area contributed by atoms with Gasteiger partial charge >= 0.3 is 0 Å². The van der Waals surface area contributed by atoms with Crippen LogP contribution in [0.1, 0.15) is 32.1 Å². The van der Waals surface area contributed by atoms with E-state index in [2.05, 4.69) is 5.32 Å². The van der Waals surface area contributed by atoms with Crippen molar-refractivity contribution in [1.82, 2.24) is 5.32 Å². The van der Waals surface area contributed by atoms with E-state index in [0.29, 0.717) is 12.3 Å². The lowest BCUT2D eigenvalue weighted by atomic mass is 10.0. The fourth-order valence-electron chi connectivity index (χ4n) is 2.20. The second-order valence-corrected chi connectivity index (χ2v) is 6.08. The number of nitrogens with one attached hydrogen (secondary N) is 1. The molecule has 90 valence electrons. The van der Waals surface area contributed by atoms with Crippen LogP contribution < -0.4 is 5.32 Å². The highest BCUT2D eigenvalue weighted by Crippen LogP contribution is 2.28. The number of aliphatic hydroxyl groups is 1. The van der Waals surface area contributed by atoms with Crippen LogP contribution in [0.2, 0.25) is 0 Å². The molecular formula is C11H23NO2S. The van der Waals surface area contributed by atoms with E-state index >= 15 is 0 Å². The largest absolute Gasteiger partial charge is 0.392 e. The van der Waals surface area contributed by atoms with Crippen LogP contribution in [0.25, 0.3) is 0 Å². The summed E-state index contributed by atoms with van der Waals surface area (Å²) in [7, 11) is -0.728. The molecule has 0 radical (unpaired) electrons. The van der Waals surface area contributed by atoms with Crippen LogP contribution in [0.4, 0.5) is 0 Å². The molecule has 15 heavy (non-hydrogen) atoms. The summed E-state index contributed by atoms with van der Waals surface area (Å²) in [6.07, 6.45) is 7.66. The van der Waals surface area contributed by atoms with E-state index in [4.69, 9.17) is 0 Å². The molecule has 2 atom stereocenters. The molecule has 2 unspecified atom stereocenters. The van der Waals surface area contributed by atoms with Crippen molar-refractivity contribution in [3.05, 3.63) is 0 Å². The molecule has 1 aliphatic carbocycles. The van der Waals surface area contributed by atoms with E-state index in [9.17, 15) is 9.32 Å². The minimum atomic E-state index is -0.728. The van der Waals surface area contributed by atoms with Crippen LogP contribution in [0.5, 0.6) is 0 Å². The Kier molecular flexibility index (Phi) is 6.45. The van der Waals surface area contributed by atoms with Gasteiger partial charge in [0.15, 0.2) is 0 Å². The zero-order chi connectivity index (χ0) is 11.1. The van der Waals surface area contributed by atoms with E-state index < -0.39 is 10.8 Å². The number of hydrogen-bond acceptors (Lipinski definition) is 3.